The van der Waals surface area contributed by atoms with Crippen molar-refractivity contribution >= 4 is 50.8 Å². The standard InChI is InChI=1S/C17H12ClN3O3S/c1-10-12-4-2-3-5-15(12)25-16(10)9-19-20-17(22)13-7-6-11(21(23)24)8-14(13)18/h2-9H,1H3,(H,20,22). The molecule has 1 amide bonds. The third-order valence-corrected chi connectivity index (χ3v) is 5.16. The number of nitrogens with zero attached hydrogens (tertiary/aromatic N) is 2. The lowest BCUT2D eigenvalue weighted by Gasteiger charge is -2.02. The second kappa shape index (κ2) is 7.00. The number of benzene rings is 2. The molecule has 2 aromatic carbocycles. The predicted molar refractivity (Wildman–Crippen MR) is 99.7 cm³/mol. The van der Waals surface area contributed by atoms with Crippen LogP contribution in [0.3, 0.4) is 0 Å². The molecule has 0 fully saturated rings. The van der Waals surface area contributed by atoms with Gasteiger partial charge in [0.1, 0.15) is 0 Å². The maximum absolute atomic E-state index is 12.1. The van der Waals surface area contributed by atoms with E-state index >= 15 is 0 Å². The highest BCUT2D eigenvalue weighted by Gasteiger charge is 2.14. The second-order valence-electron chi connectivity index (χ2n) is 5.21. The van der Waals surface area contributed by atoms with Gasteiger partial charge in [-0.25, -0.2) is 5.43 Å². The Bertz CT molecular complexity index is 1010. The molecule has 8 heteroatoms. The van der Waals surface area contributed by atoms with Gasteiger partial charge in [0.05, 0.1) is 26.6 Å². The molecule has 6 nitrogen and oxygen atoms in total. The summed E-state index contributed by atoms with van der Waals surface area (Å²) in [6.45, 7) is 2.00. The Morgan fingerprint density at radius 3 is 2.76 bits per heavy atom. The Morgan fingerprint density at radius 1 is 1.32 bits per heavy atom. The number of amides is 1. The number of fused-ring (bicyclic) bond motifs is 1. The Kier molecular flexibility index (Phi) is 4.78. The average Bonchev–Trinajstić information content (AvgIpc) is 2.91. The molecule has 0 aliphatic rings. The summed E-state index contributed by atoms with van der Waals surface area (Å²) in [6.07, 6.45) is 1.58. The molecule has 1 heterocycles. The van der Waals surface area contributed by atoms with Crippen molar-refractivity contribution < 1.29 is 9.72 Å². The van der Waals surface area contributed by atoms with Gasteiger partial charge >= 0.3 is 0 Å². The lowest BCUT2D eigenvalue weighted by atomic mass is 10.1. The van der Waals surface area contributed by atoms with E-state index < -0.39 is 10.8 Å². The van der Waals surface area contributed by atoms with E-state index in [1.807, 2.05) is 31.2 Å². The Hall–Kier alpha value is -2.77. The number of non-ortho nitro benzene ring substituents is 1. The van der Waals surface area contributed by atoms with Gasteiger partial charge in [0.15, 0.2) is 0 Å². The molecule has 0 aliphatic heterocycles. The van der Waals surface area contributed by atoms with E-state index in [9.17, 15) is 14.9 Å². The normalized spacial score (nSPS) is 11.1. The molecule has 0 saturated heterocycles. The molecule has 3 rings (SSSR count). The minimum absolute atomic E-state index is 0.0000531. The zero-order valence-electron chi connectivity index (χ0n) is 13.0. The molecule has 0 saturated carbocycles. The van der Waals surface area contributed by atoms with Crippen LogP contribution in [-0.4, -0.2) is 17.0 Å². The highest BCUT2D eigenvalue weighted by molar-refractivity contribution is 7.20. The first-order chi connectivity index (χ1) is 12.0. The first-order valence-electron chi connectivity index (χ1n) is 7.23. The van der Waals surface area contributed by atoms with Crippen molar-refractivity contribution in [3.8, 4) is 0 Å². The van der Waals surface area contributed by atoms with Crippen LogP contribution in [0.2, 0.25) is 5.02 Å². The van der Waals surface area contributed by atoms with Crippen LogP contribution >= 0.6 is 22.9 Å². The largest absolute Gasteiger partial charge is 0.272 e. The molecule has 0 aliphatic carbocycles. The number of rotatable bonds is 4. The van der Waals surface area contributed by atoms with Crippen molar-refractivity contribution in [2.24, 2.45) is 5.10 Å². The van der Waals surface area contributed by atoms with Crippen LogP contribution in [0.15, 0.2) is 47.6 Å². The van der Waals surface area contributed by atoms with Gasteiger partial charge in [0.2, 0.25) is 0 Å². The van der Waals surface area contributed by atoms with Crippen molar-refractivity contribution in [1.29, 1.82) is 0 Å². The molecule has 126 valence electrons. The fourth-order valence-corrected chi connectivity index (χ4v) is 3.67. The lowest BCUT2D eigenvalue weighted by Crippen LogP contribution is -2.18. The van der Waals surface area contributed by atoms with Crippen molar-refractivity contribution in [1.82, 2.24) is 5.43 Å². The number of nitro benzene ring substituents is 1. The van der Waals surface area contributed by atoms with Crippen LogP contribution in [0, 0.1) is 17.0 Å². The van der Waals surface area contributed by atoms with Gasteiger partial charge < -0.3 is 0 Å². The van der Waals surface area contributed by atoms with E-state index in [4.69, 9.17) is 11.6 Å². The van der Waals surface area contributed by atoms with E-state index in [0.717, 1.165) is 26.6 Å². The predicted octanol–water partition coefficient (Wildman–Crippen LogP) is 4.54. The molecule has 25 heavy (non-hydrogen) atoms. The zero-order chi connectivity index (χ0) is 18.0. The van der Waals surface area contributed by atoms with Gasteiger partial charge in [-0.3, -0.25) is 14.9 Å². The zero-order valence-corrected chi connectivity index (χ0v) is 14.6. The van der Waals surface area contributed by atoms with Crippen LogP contribution in [0.4, 0.5) is 5.69 Å². The summed E-state index contributed by atoms with van der Waals surface area (Å²) in [7, 11) is 0. The highest BCUT2D eigenvalue weighted by Crippen LogP contribution is 2.29. The first kappa shape index (κ1) is 17.1. The SMILES string of the molecule is Cc1c(C=NNC(=O)c2ccc([N+](=O)[O-])cc2Cl)sc2ccccc12. The average molecular weight is 374 g/mol. The first-order valence-corrected chi connectivity index (χ1v) is 8.42. The van der Waals surface area contributed by atoms with Gasteiger partial charge in [-0.1, -0.05) is 29.8 Å². The Balaban J connectivity index is 1.76. The van der Waals surface area contributed by atoms with Crippen molar-refractivity contribution in [3.63, 3.8) is 0 Å². The number of hydrogen-bond acceptors (Lipinski definition) is 5. The van der Waals surface area contributed by atoms with Crippen LogP contribution in [0.5, 0.6) is 0 Å². The number of nitro groups is 1. The van der Waals surface area contributed by atoms with Gasteiger partial charge in [0.25, 0.3) is 11.6 Å². The summed E-state index contributed by atoms with van der Waals surface area (Å²) in [5.74, 6) is -0.532. The third kappa shape index (κ3) is 3.52. The molecule has 1 aromatic heterocycles. The smallest absolute Gasteiger partial charge is 0.267 e. The number of halogens is 1. The van der Waals surface area contributed by atoms with Gasteiger partial charge in [-0.15, -0.1) is 11.3 Å². The number of carbonyl (C=O) groups is 1. The molecule has 0 bridgehead atoms. The maximum Gasteiger partial charge on any atom is 0.272 e. The molecule has 3 aromatic rings. The topological polar surface area (TPSA) is 84.6 Å². The fourth-order valence-electron chi connectivity index (χ4n) is 2.33. The minimum atomic E-state index is -0.573. The molecule has 0 radical (unpaired) electrons. The molecular weight excluding hydrogens is 362 g/mol. The van der Waals surface area contributed by atoms with Crippen molar-refractivity contribution in [2.75, 3.05) is 0 Å². The van der Waals surface area contributed by atoms with E-state index in [0.29, 0.717) is 0 Å². The molecule has 1 N–H and O–H groups in total. The van der Waals surface area contributed by atoms with E-state index in [1.54, 1.807) is 17.6 Å². The maximum atomic E-state index is 12.1. The van der Waals surface area contributed by atoms with Crippen LogP contribution in [-0.2, 0) is 0 Å². The summed E-state index contributed by atoms with van der Waals surface area (Å²) in [5, 5.41) is 15.8. The summed E-state index contributed by atoms with van der Waals surface area (Å²) in [6, 6.07) is 11.7. The van der Waals surface area contributed by atoms with Crippen molar-refractivity contribution in [3.05, 3.63) is 73.6 Å². The van der Waals surface area contributed by atoms with E-state index in [2.05, 4.69) is 10.5 Å². The number of aryl methyl sites for hydroxylation is 1. The molecule has 0 atom stereocenters. The Labute approximate surface area is 151 Å². The van der Waals surface area contributed by atoms with Gasteiger partial charge in [-0.05, 0) is 30.0 Å². The number of thiophene rings is 1. The monoisotopic (exact) mass is 373 g/mol. The number of hydrazone groups is 1. The third-order valence-electron chi connectivity index (χ3n) is 3.64. The van der Waals surface area contributed by atoms with Gasteiger partial charge in [-0.2, -0.15) is 5.10 Å². The number of hydrogen-bond donors (Lipinski definition) is 1. The molecule has 0 spiro atoms. The van der Waals surface area contributed by atoms with Crippen LogP contribution in [0.25, 0.3) is 10.1 Å². The molecular formula is C17H12ClN3O3S. The summed E-state index contributed by atoms with van der Waals surface area (Å²) in [5.41, 5.74) is 3.43. The number of carbonyl (C=O) groups excluding carboxylic acids is 1. The fraction of sp³-hybridized carbons (Fsp3) is 0.0588. The van der Waals surface area contributed by atoms with Crippen LogP contribution < -0.4 is 5.43 Å². The quantitative estimate of drug-likeness (QED) is 0.414. The van der Waals surface area contributed by atoms with E-state index in [1.165, 1.54) is 12.1 Å². The van der Waals surface area contributed by atoms with Crippen molar-refractivity contribution in [2.45, 2.75) is 6.92 Å². The summed E-state index contributed by atoms with van der Waals surface area (Å²) < 4.78 is 1.14. The Morgan fingerprint density at radius 2 is 2.08 bits per heavy atom. The van der Waals surface area contributed by atoms with Gasteiger partial charge in [0, 0.05) is 16.8 Å². The highest BCUT2D eigenvalue weighted by atomic mass is 35.5. The minimum Gasteiger partial charge on any atom is -0.267 e. The summed E-state index contributed by atoms with van der Waals surface area (Å²) >= 11 is 7.51. The van der Waals surface area contributed by atoms with Crippen LogP contribution in [0.1, 0.15) is 20.8 Å². The lowest BCUT2D eigenvalue weighted by molar-refractivity contribution is -0.384. The van der Waals surface area contributed by atoms with E-state index in [-0.39, 0.29) is 16.3 Å². The molecule has 0 unspecified atom stereocenters. The summed E-state index contributed by atoms with van der Waals surface area (Å²) in [4.78, 5) is 23.2. The second-order valence-corrected chi connectivity index (χ2v) is 6.70. The number of nitrogens with one attached hydrogen (secondary N) is 1.